The standard InChI is InChI=1S/C19H17N3O4S2/c1-10-4-5-12-13(8-10)27-17-16(23)15(22(3)28(25,26)18(12)17)19(24)21-14-9-11(2)6-7-20-14/h4-9,15H,1-3H3,(H,20,21,24). The fourth-order valence-electron chi connectivity index (χ4n) is 3.25. The van der Waals surface area contributed by atoms with Crippen LogP contribution in [-0.4, -0.2) is 42.5 Å². The number of ketones is 1. The number of thiophene rings is 1. The molecule has 9 heteroatoms. The number of sulfonamides is 1. The lowest BCUT2D eigenvalue weighted by Crippen LogP contribution is -2.52. The average Bonchev–Trinajstić information content (AvgIpc) is 3.00. The second-order valence-corrected chi connectivity index (χ2v) is 9.74. The van der Waals surface area contributed by atoms with Crippen LogP contribution in [0.4, 0.5) is 5.82 Å². The number of Topliss-reactive ketones (excluding diaryl/α,β-unsaturated/α-hetero) is 1. The van der Waals surface area contributed by atoms with Gasteiger partial charge in [0.2, 0.25) is 15.8 Å². The van der Waals surface area contributed by atoms with E-state index in [0.717, 1.165) is 26.8 Å². The monoisotopic (exact) mass is 415 g/mol. The van der Waals surface area contributed by atoms with E-state index in [4.69, 9.17) is 0 Å². The molecule has 3 heterocycles. The summed E-state index contributed by atoms with van der Waals surface area (Å²) in [4.78, 5) is 30.0. The summed E-state index contributed by atoms with van der Waals surface area (Å²) in [5.74, 6) is -0.994. The quantitative estimate of drug-likeness (QED) is 0.649. The molecule has 0 aliphatic carbocycles. The van der Waals surface area contributed by atoms with E-state index in [1.165, 1.54) is 13.2 Å². The number of likely N-dealkylation sites (N-methyl/N-ethyl adjacent to an activating group) is 1. The number of hydrogen-bond acceptors (Lipinski definition) is 6. The molecule has 0 saturated heterocycles. The highest BCUT2D eigenvalue weighted by atomic mass is 32.2. The van der Waals surface area contributed by atoms with Crippen molar-refractivity contribution in [3.63, 3.8) is 0 Å². The molecule has 0 saturated carbocycles. The predicted octanol–water partition coefficient (Wildman–Crippen LogP) is 2.74. The number of carbonyl (C=O) groups is 2. The van der Waals surface area contributed by atoms with Gasteiger partial charge in [-0.25, -0.2) is 13.4 Å². The van der Waals surface area contributed by atoms with E-state index in [1.807, 2.05) is 19.9 Å². The van der Waals surface area contributed by atoms with Crippen molar-refractivity contribution in [2.45, 2.75) is 24.8 Å². The van der Waals surface area contributed by atoms with Gasteiger partial charge in [-0.2, -0.15) is 4.31 Å². The maximum Gasteiger partial charge on any atom is 0.252 e. The predicted molar refractivity (Wildman–Crippen MR) is 107 cm³/mol. The van der Waals surface area contributed by atoms with Crippen LogP contribution in [0.3, 0.4) is 0 Å². The Balaban J connectivity index is 1.81. The van der Waals surface area contributed by atoms with Gasteiger partial charge in [0.1, 0.15) is 10.7 Å². The van der Waals surface area contributed by atoms with E-state index in [9.17, 15) is 18.0 Å². The summed E-state index contributed by atoms with van der Waals surface area (Å²) in [5, 5.41) is 3.06. The maximum absolute atomic E-state index is 13.1. The van der Waals surface area contributed by atoms with Crippen LogP contribution in [-0.2, 0) is 14.8 Å². The van der Waals surface area contributed by atoms with Crippen LogP contribution in [0.1, 0.15) is 20.8 Å². The number of anilines is 1. The molecule has 1 aromatic carbocycles. The zero-order valence-corrected chi connectivity index (χ0v) is 17.0. The Bertz CT molecular complexity index is 1250. The Morgan fingerprint density at radius 3 is 2.61 bits per heavy atom. The van der Waals surface area contributed by atoms with E-state index in [-0.39, 0.29) is 15.6 Å². The third-order valence-electron chi connectivity index (χ3n) is 4.69. The van der Waals surface area contributed by atoms with Crippen molar-refractivity contribution in [1.29, 1.82) is 0 Å². The van der Waals surface area contributed by atoms with E-state index < -0.39 is 27.8 Å². The van der Waals surface area contributed by atoms with Gasteiger partial charge in [0.05, 0.1) is 4.88 Å². The van der Waals surface area contributed by atoms with Crippen molar-refractivity contribution in [1.82, 2.24) is 9.29 Å². The molecular weight excluding hydrogens is 398 g/mol. The molecule has 3 aromatic rings. The van der Waals surface area contributed by atoms with Crippen molar-refractivity contribution < 1.29 is 18.0 Å². The molecule has 0 spiro atoms. The number of aromatic nitrogens is 1. The molecule has 1 atom stereocenters. The fourth-order valence-corrected chi connectivity index (χ4v) is 6.47. The number of nitrogens with one attached hydrogen (secondary N) is 1. The molecule has 2 aromatic heterocycles. The van der Waals surface area contributed by atoms with E-state index >= 15 is 0 Å². The first kappa shape index (κ1) is 18.7. The van der Waals surface area contributed by atoms with Crippen LogP contribution in [0.5, 0.6) is 0 Å². The minimum Gasteiger partial charge on any atom is -0.309 e. The first-order valence-corrected chi connectivity index (χ1v) is 10.7. The summed E-state index contributed by atoms with van der Waals surface area (Å²) in [7, 11) is -2.75. The summed E-state index contributed by atoms with van der Waals surface area (Å²) in [5.41, 5.74) is 1.84. The topological polar surface area (TPSA) is 96.4 Å². The number of aryl methyl sites for hydroxylation is 2. The molecule has 0 radical (unpaired) electrons. The molecule has 0 bridgehead atoms. The Hall–Kier alpha value is -2.62. The molecule has 1 aliphatic heterocycles. The number of benzene rings is 1. The number of amides is 1. The minimum absolute atomic E-state index is 0.0160. The molecule has 144 valence electrons. The number of nitrogens with zero attached hydrogens (tertiary/aromatic N) is 2. The van der Waals surface area contributed by atoms with Crippen molar-refractivity contribution in [2.24, 2.45) is 0 Å². The molecule has 1 unspecified atom stereocenters. The molecular formula is C19H17N3O4S2. The van der Waals surface area contributed by atoms with Crippen LogP contribution in [0.15, 0.2) is 41.4 Å². The van der Waals surface area contributed by atoms with Gasteiger partial charge in [0, 0.05) is 23.3 Å². The van der Waals surface area contributed by atoms with E-state index in [0.29, 0.717) is 10.1 Å². The van der Waals surface area contributed by atoms with E-state index in [1.54, 1.807) is 24.3 Å². The van der Waals surface area contributed by atoms with Gasteiger partial charge in [-0.15, -0.1) is 11.3 Å². The largest absolute Gasteiger partial charge is 0.309 e. The molecule has 0 fully saturated rings. The number of rotatable bonds is 2. The summed E-state index contributed by atoms with van der Waals surface area (Å²) >= 11 is 1.11. The number of pyridine rings is 1. The first-order chi connectivity index (χ1) is 13.2. The molecule has 28 heavy (non-hydrogen) atoms. The van der Waals surface area contributed by atoms with Gasteiger partial charge in [-0.3, -0.25) is 9.59 Å². The lowest BCUT2D eigenvalue weighted by Gasteiger charge is -2.29. The summed E-state index contributed by atoms with van der Waals surface area (Å²) in [6.07, 6.45) is 1.53. The summed E-state index contributed by atoms with van der Waals surface area (Å²) in [6.45, 7) is 3.73. The Kier molecular flexibility index (Phi) is 4.33. The van der Waals surface area contributed by atoms with Crippen LogP contribution in [0.2, 0.25) is 0 Å². The third-order valence-corrected chi connectivity index (χ3v) is 7.89. The van der Waals surface area contributed by atoms with Crippen LogP contribution in [0.25, 0.3) is 10.1 Å². The molecule has 1 amide bonds. The summed E-state index contributed by atoms with van der Waals surface area (Å²) in [6, 6.07) is 7.28. The zero-order valence-electron chi connectivity index (χ0n) is 15.4. The SMILES string of the molecule is Cc1ccnc(NC(=O)C2C(=O)c3sc4cc(C)ccc4c3S(=O)(=O)N2C)c1. The molecule has 1 N–H and O–H groups in total. The van der Waals surface area contributed by atoms with Gasteiger partial charge in [0.15, 0.2) is 6.04 Å². The van der Waals surface area contributed by atoms with Gasteiger partial charge in [0.25, 0.3) is 5.91 Å². The number of hydrogen-bond donors (Lipinski definition) is 1. The van der Waals surface area contributed by atoms with Gasteiger partial charge in [-0.1, -0.05) is 12.1 Å². The van der Waals surface area contributed by atoms with Crippen molar-refractivity contribution in [2.75, 3.05) is 12.4 Å². The highest BCUT2D eigenvalue weighted by Crippen LogP contribution is 2.41. The Morgan fingerprint density at radius 2 is 1.89 bits per heavy atom. The highest BCUT2D eigenvalue weighted by molar-refractivity contribution is 7.89. The van der Waals surface area contributed by atoms with Crippen molar-refractivity contribution in [3.8, 4) is 0 Å². The first-order valence-electron chi connectivity index (χ1n) is 8.49. The molecule has 1 aliphatic rings. The Labute approximate surface area is 166 Å². The number of carbonyl (C=O) groups excluding carboxylic acids is 2. The van der Waals surface area contributed by atoms with Gasteiger partial charge < -0.3 is 5.32 Å². The van der Waals surface area contributed by atoms with E-state index in [2.05, 4.69) is 10.3 Å². The Morgan fingerprint density at radius 1 is 1.18 bits per heavy atom. The van der Waals surface area contributed by atoms with Crippen LogP contribution < -0.4 is 5.32 Å². The van der Waals surface area contributed by atoms with Crippen molar-refractivity contribution >= 4 is 49.0 Å². The van der Waals surface area contributed by atoms with Gasteiger partial charge >= 0.3 is 0 Å². The fraction of sp³-hybridized carbons (Fsp3) is 0.211. The summed E-state index contributed by atoms with van der Waals surface area (Å²) < 4.78 is 27.8. The lowest BCUT2D eigenvalue weighted by atomic mass is 10.1. The van der Waals surface area contributed by atoms with Crippen LogP contribution in [0, 0.1) is 13.8 Å². The van der Waals surface area contributed by atoms with Crippen LogP contribution >= 0.6 is 11.3 Å². The second-order valence-electron chi connectivity index (χ2n) is 6.76. The lowest BCUT2D eigenvalue weighted by molar-refractivity contribution is -0.118. The maximum atomic E-state index is 13.1. The highest BCUT2D eigenvalue weighted by Gasteiger charge is 2.47. The molecule has 7 nitrogen and oxygen atoms in total. The second kappa shape index (κ2) is 6.47. The molecule has 4 rings (SSSR count). The number of fused-ring (bicyclic) bond motifs is 3. The minimum atomic E-state index is -4.00. The average molecular weight is 415 g/mol. The smallest absolute Gasteiger partial charge is 0.252 e. The van der Waals surface area contributed by atoms with Gasteiger partial charge in [-0.05, 0) is 43.2 Å². The zero-order chi connectivity index (χ0) is 20.2. The third kappa shape index (κ3) is 2.83. The van der Waals surface area contributed by atoms with Crippen molar-refractivity contribution in [3.05, 3.63) is 52.5 Å². The normalized spacial score (nSPS) is 18.8.